The molecule has 3 aromatic carbocycles. The van der Waals surface area contributed by atoms with Crippen molar-refractivity contribution in [2.75, 3.05) is 6.61 Å². The van der Waals surface area contributed by atoms with Gasteiger partial charge in [-0.15, -0.1) is 0 Å². The molecule has 190 valence electrons. The molecule has 38 heavy (non-hydrogen) atoms. The lowest BCUT2D eigenvalue weighted by molar-refractivity contribution is 0.0701. The van der Waals surface area contributed by atoms with Gasteiger partial charge >= 0.3 is 5.97 Å². The molecular weight excluding hydrogens is 506 g/mol. The first kappa shape index (κ1) is 24.9. The number of amides is 1. The summed E-state index contributed by atoms with van der Waals surface area (Å²) >= 11 is 6.52. The number of fused-ring (bicyclic) bond motifs is 1. The van der Waals surface area contributed by atoms with E-state index in [1.807, 2.05) is 43.3 Å². The second-order valence-corrected chi connectivity index (χ2v) is 8.51. The van der Waals surface area contributed by atoms with Crippen LogP contribution < -0.4 is 14.9 Å². The van der Waals surface area contributed by atoms with Crippen LogP contribution in [0.1, 0.15) is 33.5 Å². The zero-order chi connectivity index (χ0) is 26.5. The summed E-state index contributed by atoms with van der Waals surface area (Å²) in [7, 11) is 0. The number of halogens is 1. The highest BCUT2D eigenvalue weighted by atomic mass is 35.5. The van der Waals surface area contributed by atoms with Gasteiger partial charge in [-0.05, 0) is 55.5 Å². The van der Waals surface area contributed by atoms with Crippen molar-refractivity contribution in [1.29, 1.82) is 0 Å². The molecule has 0 unspecified atom stereocenters. The number of ether oxygens (including phenoxy) is 2. The van der Waals surface area contributed by atoms with Gasteiger partial charge in [-0.1, -0.05) is 41.9 Å². The van der Waals surface area contributed by atoms with Crippen molar-refractivity contribution in [2.45, 2.75) is 6.92 Å². The standard InChI is InChI=1S/C29H22ClN3O5/c1-2-36-19-13-14-23-21(16-19)26(20-9-4-5-10-22(20)30)27(32-23)28(34)33-31-17-18-8-3-6-11-24(18)38-29(35)25-12-7-15-37-25/h3-17,32H,2H2,1H3,(H,33,34). The average Bonchev–Trinajstić information content (AvgIpc) is 3.59. The molecule has 5 rings (SSSR count). The maximum Gasteiger partial charge on any atom is 0.379 e. The van der Waals surface area contributed by atoms with Gasteiger partial charge in [0.25, 0.3) is 5.91 Å². The van der Waals surface area contributed by atoms with Crippen molar-refractivity contribution in [3.63, 3.8) is 0 Å². The summed E-state index contributed by atoms with van der Waals surface area (Å²) in [5, 5.41) is 5.39. The number of nitrogens with one attached hydrogen (secondary N) is 2. The number of esters is 1. The van der Waals surface area contributed by atoms with Gasteiger partial charge in [0, 0.05) is 32.6 Å². The second-order valence-electron chi connectivity index (χ2n) is 8.10. The minimum atomic E-state index is -0.645. The van der Waals surface area contributed by atoms with Gasteiger partial charge in [-0.3, -0.25) is 4.79 Å². The maximum atomic E-state index is 13.3. The van der Waals surface area contributed by atoms with E-state index in [0.717, 1.165) is 10.9 Å². The Morgan fingerprint density at radius 2 is 1.87 bits per heavy atom. The maximum absolute atomic E-state index is 13.3. The number of hydrazone groups is 1. The van der Waals surface area contributed by atoms with E-state index < -0.39 is 11.9 Å². The largest absolute Gasteiger partial charge is 0.494 e. The van der Waals surface area contributed by atoms with E-state index in [1.165, 1.54) is 18.5 Å². The fourth-order valence-corrected chi connectivity index (χ4v) is 4.21. The molecule has 0 saturated carbocycles. The molecule has 2 heterocycles. The van der Waals surface area contributed by atoms with Crippen molar-refractivity contribution in [2.24, 2.45) is 5.10 Å². The molecule has 0 aliphatic carbocycles. The number of benzene rings is 3. The lowest BCUT2D eigenvalue weighted by Gasteiger charge is -2.08. The molecule has 9 heteroatoms. The summed E-state index contributed by atoms with van der Waals surface area (Å²) < 4.78 is 16.2. The number of para-hydroxylation sites is 1. The molecule has 0 bridgehead atoms. The van der Waals surface area contributed by atoms with Crippen molar-refractivity contribution in [3.8, 4) is 22.6 Å². The zero-order valence-corrected chi connectivity index (χ0v) is 21.0. The molecular formula is C29H22ClN3O5. The first-order valence-electron chi connectivity index (χ1n) is 11.8. The lowest BCUT2D eigenvalue weighted by atomic mass is 10.0. The Morgan fingerprint density at radius 1 is 1.05 bits per heavy atom. The fourth-order valence-electron chi connectivity index (χ4n) is 3.98. The van der Waals surface area contributed by atoms with Crippen molar-refractivity contribution < 1.29 is 23.5 Å². The molecule has 0 radical (unpaired) electrons. The highest BCUT2D eigenvalue weighted by Crippen LogP contribution is 2.38. The van der Waals surface area contributed by atoms with Gasteiger partial charge in [0.15, 0.2) is 0 Å². The van der Waals surface area contributed by atoms with Gasteiger partial charge in [-0.25, -0.2) is 10.2 Å². The van der Waals surface area contributed by atoms with E-state index in [4.69, 9.17) is 25.5 Å². The number of aromatic amines is 1. The zero-order valence-electron chi connectivity index (χ0n) is 20.2. The fraction of sp³-hybridized carbons (Fsp3) is 0.0690. The average molecular weight is 528 g/mol. The predicted octanol–water partition coefficient (Wildman–Crippen LogP) is 6.46. The monoisotopic (exact) mass is 527 g/mol. The summed E-state index contributed by atoms with van der Waals surface area (Å²) in [5.41, 5.74) is 5.39. The van der Waals surface area contributed by atoms with Gasteiger partial charge < -0.3 is 18.9 Å². The van der Waals surface area contributed by atoms with Crippen LogP contribution in [-0.4, -0.2) is 29.7 Å². The Balaban J connectivity index is 1.44. The van der Waals surface area contributed by atoms with Crippen LogP contribution in [0, 0.1) is 0 Å². The Kier molecular flexibility index (Phi) is 7.24. The number of carbonyl (C=O) groups excluding carboxylic acids is 2. The van der Waals surface area contributed by atoms with Crippen LogP contribution >= 0.6 is 11.6 Å². The third-order valence-corrected chi connectivity index (χ3v) is 5.99. The summed E-state index contributed by atoms with van der Waals surface area (Å²) in [6.07, 6.45) is 2.78. The van der Waals surface area contributed by atoms with Crippen LogP contribution in [-0.2, 0) is 0 Å². The van der Waals surface area contributed by atoms with Crippen LogP contribution in [0.3, 0.4) is 0 Å². The number of furan rings is 1. The van der Waals surface area contributed by atoms with Gasteiger partial charge in [0.1, 0.15) is 17.2 Å². The normalized spacial score (nSPS) is 11.1. The number of hydrogen-bond donors (Lipinski definition) is 2. The number of hydrogen-bond acceptors (Lipinski definition) is 6. The Hall–Kier alpha value is -4.82. The lowest BCUT2D eigenvalue weighted by Crippen LogP contribution is -2.19. The molecule has 0 atom stereocenters. The highest BCUT2D eigenvalue weighted by Gasteiger charge is 2.21. The third kappa shape index (κ3) is 5.16. The molecule has 2 aromatic heterocycles. The van der Waals surface area contributed by atoms with Crippen molar-refractivity contribution >= 4 is 40.6 Å². The molecule has 1 amide bonds. The van der Waals surface area contributed by atoms with Crippen LogP contribution in [0.15, 0.2) is 94.6 Å². The second kappa shape index (κ2) is 11.1. The predicted molar refractivity (Wildman–Crippen MR) is 145 cm³/mol. The molecule has 5 aromatic rings. The first-order chi connectivity index (χ1) is 18.5. The van der Waals surface area contributed by atoms with E-state index in [0.29, 0.717) is 34.1 Å². The summed E-state index contributed by atoms with van der Waals surface area (Å²) in [6.45, 7) is 2.42. The van der Waals surface area contributed by atoms with Gasteiger partial charge in [0.05, 0.1) is 19.1 Å². The molecule has 0 fully saturated rings. The summed E-state index contributed by atoms with van der Waals surface area (Å²) in [6, 6.07) is 22.8. The SMILES string of the molecule is CCOc1ccc2[nH]c(C(=O)NN=Cc3ccccc3OC(=O)c3ccco3)c(-c3ccccc3Cl)c2c1. The Bertz CT molecular complexity index is 1640. The molecule has 0 saturated heterocycles. The third-order valence-electron chi connectivity index (χ3n) is 5.67. The molecule has 0 aliphatic heterocycles. The number of aromatic nitrogens is 1. The smallest absolute Gasteiger partial charge is 0.379 e. The highest BCUT2D eigenvalue weighted by molar-refractivity contribution is 6.34. The molecule has 0 spiro atoms. The van der Waals surface area contributed by atoms with Crippen LogP contribution in [0.5, 0.6) is 11.5 Å². The number of nitrogens with zero attached hydrogens (tertiary/aromatic N) is 1. The van der Waals surface area contributed by atoms with Crippen LogP contribution in [0.2, 0.25) is 5.02 Å². The van der Waals surface area contributed by atoms with Gasteiger partial charge in [0.2, 0.25) is 5.76 Å². The van der Waals surface area contributed by atoms with Crippen molar-refractivity contribution in [1.82, 2.24) is 10.4 Å². The summed E-state index contributed by atoms with van der Waals surface area (Å²) in [4.78, 5) is 28.8. The Morgan fingerprint density at radius 3 is 2.66 bits per heavy atom. The van der Waals surface area contributed by atoms with Gasteiger partial charge in [-0.2, -0.15) is 5.10 Å². The Labute approximate surface area is 222 Å². The quantitative estimate of drug-likeness (QED) is 0.104. The van der Waals surface area contributed by atoms with E-state index in [1.54, 1.807) is 36.4 Å². The van der Waals surface area contributed by atoms with Crippen LogP contribution in [0.4, 0.5) is 0 Å². The minimum Gasteiger partial charge on any atom is -0.494 e. The first-order valence-corrected chi connectivity index (χ1v) is 12.1. The summed E-state index contributed by atoms with van der Waals surface area (Å²) in [5.74, 6) is -0.108. The van der Waals surface area contributed by atoms with Crippen molar-refractivity contribution in [3.05, 3.63) is 107 Å². The molecule has 8 nitrogen and oxygen atoms in total. The number of carbonyl (C=O) groups is 2. The van der Waals surface area contributed by atoms with E-state index >= 15 is 0 Å². The minimum absolute atomic E-state index is 0.0726. The van der Waals surface area contributed by atoms with E-state index in [9.17, 15) is 9.59 Å². The van der Waals surface area contributed by atoms with E-state index in [-0.39, 0.29) is 17.2 Å². The van der Waals surface area contributed by atoms with Crippen LogP contribution in [0.25, 0.3) is 22.0 Å². The molecule has 2 N–H and O–H groups in total. The van der Waals surface area contributed by atoms with E-state index in [2.05, 4.69) is 15.5 Å². The molecule has 0 aliphatic rings. The topological polar surface area (TPSA) is 106 Å². The number of H-pyrrole nitrogens is 1. The number of rotatable bonds is 8.